The zero-order valence-electron chi connectivity index (χ0n) is 35.7. The van der Waals surface area contributed by atoms with Gasteiger partial charge in [-0.15, -0.1) is 11.6 Å². The zero-order chi connectivity index (χ0) is 42.9. The highest BCUT2D eigenvalue weighted by molar-refractivity contribution is 6.18. The maximum Gasteiger partial charge on any atom is 0.417 e. The highest BCUT2D eigenvalue weighted by Gasteiger charge is 2.84. The van der Waals surface area contributed by atoms with E-state index in [-0.39, 0.29) is 30.8 Å². The van der Waals surface area contributed by atoms with Crippen LogP contribution in [0.25, 0.3) is 10.9 Å². The number of anilines is 1. The van der Waals surface area contributed by atoms with Crippen molar-refractivity contribution in [2.75, 3.05) is 64.3 Å². The number of carbonyl (C=O) groups excluding carboxylic acids is 4. The fourth-order valence-corrected chi connectivity index (χ4v) is 14.4. The van der Waals surface area contributed by atoms with E-state index >= 15 is 9.59 Å². The van der Waals surface area contributed by atoms with Crippen molar-refractivity contribution in [3.8, 4) is 5.75 Å². The average Bonchev–Trinajstić information content (AvgIpc) is 3.98. The molecule has 1 saturated carbocycles. The lowest BCUT2D eigenvalue weighted by Crippen LogP contribution is -2.81. The maximum absolute atomic E-state index is 15.4. The van der Waals surface area contributed by atoms with Crippen molar-refractivity contribution < 1.29 is 38.5 Å². The molecule has 10 rings (SSSR count). The number of esters is 1. The van der Waals surface area contributed by atoms with Crippen LogP contribution >= 0.6 is 11.6 Å². The van der Waals surface area contributed by atoms with Gasteiger partial charge in [0.2, 0.25) is 12.0 Å². The van der Waals surface area contributed by atoms with Gasteiger partial charge in [0.25, 0.3) is 5.91 Å². The second-order valence-electron chi connectivity index (χ2n) is 19.0. The molecule has 3 aromatic rings. The molecule has 61 heavy (non-hydrogen) atoms. The molecule has 3 saturated heterocycles. The molecule has 3 amide bonds. The first-order valence-corrected chi connectivity index (χ1v) is 22.5. The third kappa shape index (κ3) is 4.95. The summed E-state index contributed by atoms with van der Waals surface area (Å²) in [7, 11) is 3.00. The minimum Gasteiger partial charge on any atom is -0.496 e. The Morgan fingerprint density at radius 3 is 2.62 bits per heavy atom. The van der Waals surface area contributed by atoms with E-state index < -0.39 is 51.0 Å². The number of nitrogens with one attached hydrogen (secondary N) is 1. The van der Waals surface area contributed by atoms with Gasteiger partial charge in [-0.25, -0.2) is 9.69 Å². The Bertz CT molecular complexity index is 2400. The lowest BCUT2D eigenvalue weighted by molar-refractivity contribution is -0.166. The number of benzene rings is 2. The highest BCUT2D eigenvalue weighted by atomic mass is 35.5. The molecule has 14 heteroatoms. The van der Waals surface area contributed by atoms with Crippen LogP contribution in [0.1, 0.15) is 81.7 Å². The smallest absolute Gasteiger partial charge is 0.417 e. The largest absolute Gasteiger partial charge is 0.496 e. The standard InChI is InChI=1S/C47H56ClN5O8/c1-6-43-14-10-17-51-19-15-46(38(43)51)32-21-33(36(59-4)22-35(32)53(28-54)42(46,3)47(26-43)39(55)52(20-16-48)41(57)61-47)45(40(56)60-5)24-29-23-44(58,7-2)27-50(25-29)18-13-31-30-11-8-9-12-34(30)49-37(31)45/h8-12,14,21-22,28-29,38,49,58H,6-7,13,15-20,23-27H2,1-5H3/t29-,38+,42-,43+,44+,45-,46?,47?/m1/s1. The summed E-state index contributed by atoms with van der Waals surface area (Å²) >= 11 is 6.21. The van der Waals surface area contributed by atoms with Gasteiger partial charge in [-0.1, -0.05) is 44.2 Å². The monoisotopic (exact) mass is 853 g/mol. The normalized spacial score (nSPS) is 37.4. The first kappa shape index (κ1) is 40.6. The minimum atomic E-state index is -1.77. The second kappa shape index (κ2) is 13.8. The van der Waals surface area contributed by atoms with Gasteiger partial charge in [-0.05, 0) is 81.2 Å². The van der Waals surface area contributed by atoms with E-state index in [0.717, 1.165) is 39.0 Å². The molecule has 13 nitrogen and oxygen atoms in total. The molecule has 1 aliphatic carbocycles. The predicted molar refractivity (Wildman–Crippen MR) is 229 cm³/mol. The number of aromatic nitrogens is 1. The van der Waals surface area contributed by atoms with Gasteiger partial charge in [-0.2, -0.15) is 0 Å². The number of methoxy groups -OCH3 is 2. The van der Waals surface area contributed by atoms with Crippen LogP contribution in [0.4, 0.5) is 10.5 Å². The second-order valence-corrected chi connectivity index (χ2v) is 19.4. The Labute approximate surface area is 361 Å². The number of nitrogens with zero attached hydrogens (tertiary/aromatic N) is 4. The Morgan fingerprint density at radius 1 is 1.10 bits per heavy atom. The number of hydrogen-bond acceptors (Lipinski definition) is 10. The third-order valence-corrected chi connectivity index (χ3v) is 16.9. The summed E-state index contributed by atoms with van der Waals surface area (Å²) in [5.74, 6) is -0.666. The van der Waals surface area contributed by atoms with Gasteiger partial charge in [0.1, 0.15) is 16.7 Å². The third-order valence-electron chi connectivity index (χ3n) is 16.7. The Morgan fingerprint density at radius 2 is 1.90 bits per heavy atom. The number of aliphatic hydroxyl groups is 1. The van der Waals surface area contributed by atoms with Gasteiger partial charge >= 0.3 is 12.1 Å². The lowest BCUT2D eigenvalue weighted by atomic mass is 9.44. The quantitative estimate of drug-likeness (QED) is 0.131. The van der Waals surface area contributed by atoms with E-state index in [1.54, 1.807) is 12.0 Å². The molecule has 7 aliphatic rings. The molecule has 9 atom stereocenters. The molecule has 3 unspecified atom stereocenters. The van der Waals surface area contributed by atoms with Crippen molar-refractivity contribution in [3.63, 3.8) is 0 Å². The molecule has 2 N–H and O–H groups in total. The number of hydrogen-bond donors (Lipinski definition) is 2. The van der Waals surface area contributed by atoms with Crippen molar-refractivity contribution in [2.24, 2.45) is 11.3 Å². The number of carbonyl (C=O) groups is 4. The van der Waals surface area contributed by atoms with Crippen LogP contribution in [0, 0.1) is 11.3 Å². The molecule has 2 aromatic carbocycles. The van der Waals surface area contributed by atoms with E-state index in [2.05, 4.69) is 46.0 Å². The summed E-state index contributed by atoms with van der Waals surface area (Å²) in [6.45, 7) is 9.33. The predicted octanol–water partition coefficient (Wildman–Crippen LogP) is 5.42. The molecule has 2 bridgehead atoms. The van der Waals surface area contributed by atoms with Gasteiger partial charge < -0.3 is 29.2 Å². The summed E-state index contributed by atoms with van der Waals surface area (Å²) < 4.78 is 18.9. The maximum atomic E-state index is 15.4. The van der Waals surface area contributed by atoms with E-state index in [9.17, 15) is 14.7 Å². The summed E-state index contributed by atoms with van der Waals surface area (Å²) in [5, 5.41) is 13.0. The van der Waals surface area contributed by atoms with Crippen molar-refractivity contribution in [1.82, 2.24) is 19.7 Å². The highest BCUT2D eigenvalue weighted by Crippen LogP contribution is 2.73. The first-order chi connectivity index (χ1) is 29.3. The van der Waals surface area contributed by atoms with Crippen LogP contribution in [0.15, 0.2) is 48.6 Å². The topological polar surface area (TPSA) is 145 Å². The summed E-state index contributed by atoms with van der Waals surface area (Å²) in [6, 6.07) is 11.8. The van der Waals surface area contributed by atoms with Crippen LogP contribution in [0.5, 0.6) is 5.75 Å². The van der Waals surface area contributed by atoms with Gasteiger partial charge in [0.15, 0.2) is 0 Å². The van der Waals surface area contributed by atoms with Crippen LogP contribution in [-0.4, -0.2) is 131 Å². The van der Waals surface area contributed by atoms with E-state index in [1.165, 1.54) is 7.11 Å². The number of ether oxygens (including phenoxy) is 3. The Balaban J connectivity index is 1.30. The summed E-state index contributed by atoms with van der Waals surface area (Å²) in [4.78, 5) is 69.9. The number of piperidine rings is 1. The van der Waals surface area contributed by atoms with Gasteiger partial charge in [0.05, 0.1) is 25.5 Å². The average molecular weight is 854 g/mol. The fraction of sp³-hybridized carbons (Fsp3) is 0.574. The Kier molecular flexibility index (Phi) is 9.18. The summed E-state index contributed by atoms with van der Waals surface area (Å²) in [5.41, 5.74) is -2.63. The van der Waals surface area contributed by atoms with Gasteiger partial charge in [-0.3, -0.25) is 24.2 Å². The molecule has 7 heterocycles. The molecule has 1 aromatic heterocycles. The minimum absolute atomic E-state index is 0.0270. The van der Waals surface area contributed by atoms with Gasteiger partial charge in [0, 0.05) is 90.1 Å². The fourth-order valence-electron chi connectivity index (χ4n) is 14.2. The number of halogens is 1. The molecule has 2 spiro atoms. The number of aromatic amines is 1. The van der Waals surface area contributed by atoms with Crippen LogP contribution < -0.4 is 9.64 Å². The zero-order valence-corrected chi connectivity index (χ0v) is 36.5. The number of alkyl halides is 1. The number of rotatable bonds is 8. The SMILES string of the molecule is CC[C@]1(O)C[C@H]2CN(CCc3c([nH]c4ccccc34)[C@](C(=O)OC)(c3cc4c(cc3OC)N(C=O)[C@@]3(C)C5(C[C@]6(CC)C=CCN7CCC43[C@@H]76)OC(=O)N(CCCl)C5=O)C2)C1. The van der Waals surface area contributed by atoms with E-state index in [1.807, 2.05) is 38.1 Å². The van der Waals surface area contributed by atoms with Crippen LogP contribution in [0.3, 0.4) is 0 Å². The first-order valence-electron chi connectivity index (χ1n) is 21.9. The van der Waals surface area contributed by atoms with E-state index in [0.29, 0.717) is 88.2 Å². The lowest BCUT2D eigenvalue weighted by Gasteiger charge is -2.65. The molecular formula is C47H56ClN5O8. The molecule has 0 radical (unpaired) electrons. The number of para-hydroxylation sites is 1. The van der Waals surface area contributed by atoms with Crippen molar-refractivity contribution in [1.29, 1.82) is 0 Å². The number of amides is 3. The number of H-pyrrole nitrogens is 1. The van der Waals surface area contributed by atoms with Crippen molar-refractivity contribution in [2.45, 2.75) is 99.3 Å². The van der Waals surface area contributed by atoms with Crippen molar-refractivity contribution >= 4 is 52.6 Å². The molecule has 6 aliphatic heterocycles. The number of imide groups is 1. The Hall–Kier alpha value is -4.43. The molecular weight excluding hydrogens is 798 g/mol. The molecule has 324 valence electrons. The van der Waals surface area contributed by atoms with E-state index in [4.69, 9.17) is 25.8 Å². The van der Waals surface area contributed by atoms with Crippen LogP contribution in [0.2, 0.25) is 0 Å². The molecule has 4 fully saturated rings. The number of fused-ring (bicyclic) bond motifs is 7. The summed E-state index contributed by atoms with van der Waals surface area (Å²) in [6.07, 6.45) is 7.76. The van der Waals surface area contributed by atoms with Crippen LogP contribution in [-0.2, 0) is 41.1 Å². The van der Waals surface area contributed by atoms with Crippen molar-refractivity contribution in [3.05, 3.63) is 70.9 Å².